The van der Waals surface area contributed by atoms with Gasteiger partial charge in [0.2, 0.25) is 17.6 Å². The number of hydrogen-bond donors (Lipinski definition) is 2. The summed E-state index contributed by atoms with van der Waals surface area (Å²) in [5, 5.41) is 17.7. The Kier molecular flexibility index (Phi) is 5.77. The Hall–Kier alpha value is -2.26. The third-order valence-electron chi connectivity index (χ3n) is 4.03. The molecule has 2 unspecified atom stereocenters. The van der Waals surface area contributed by atoms with Crippen molar-refractivity contribution in [2.75, 3.05) is 13.2 Å². The van der Waals surface area contributed by atoms with Crippen molar-refractivity contribution in [3.8, 4) is 10.7 Å². The lowest BCUT2D eigenvalue weighted by Gasteiger charge is -2.28. The smallest absolute Gasteiger partial charge is 0.326 e. The SMILES string of the molecule is O=C(CCc1nc(-c2cccs2)no1)NC(C(=O)O)C1CCCOC1. The summed E-state index contributed by atoms with van der Waals surface area (Å²) in [5.41, 5.74) is 0. The van der Waals surface area contributed by atoms with Crippen LogP contribution in [0.2, 0.25) is 0 Å². The van der Waals surface area contributed by atoms with Crippen molar-refractivity contribution in [2.24, 2.45) is 5.92 Å². The molecule has 9 heteroatoms. The fourth-order valence-electron chi connectivity index (χ4n) is 2.74. The Labute approximate surface area is 148 Å². The molecule has 2 N–H and O–H groups in total. The number of hydrogen-bond acceptors (Lipinski definition) is 7. The van der Waals surface area contributed by atoms with Crippen LogP contribution in [0.1, 0.15) is 25.2 Å². The van der Waals surface area contributed by atoms with Crippen molar-refractivity contribution < 1.29 is 24.0 Å². The average molecular weight is 365 g/mol. The predicted molar refractivity (Wildman–Crippen MR) is 89.0 cm³/mol. The molecule has 0 spiro atoms. The molecule has 0 bridgehead atoms. The number of amides is 1. The standard InChI is InChI=1S/C16H19N3O5S/c20-12(17-14(16(21)22)10-3-1-7-23-9-10)5-6-13-18-15(19-24-13)11-4-2-8-25-11/h2,4,8,10,14H,1,3,5-7,9H2,(H,17,20)(H,21,22). The lowest BCUT2D eigenvalue weighted by molar-refractivity contribution is -0.145. The van der Waals surface area contributed by atoms with Gasteiger partial charge in [-0.05, 0) is 24.3 Å². The number of carbonyl (C=O) groups excluding carboxylic acids is 1. The van der Waals surface area contributed by atoms with Crippen molar-refractivity contribution in [2.45, 2.75) is 31.7 Å². The summed E-state index contributed by atoms with van der Waals surface area (Å²) < 4.78 is 10.5. The Morgan fingerprint density at radius 1 is 1.48 bits per heavy atom. The van der Waals surface area contributed by atoms with Gasteiger partial charge >= 0.3 is 5.97 Å². The Balaban J connectivity index is 1.52. The van der Waals surface area contributed by atoms with Crippen LogP contribution in [0.3, 0.4) is 0 Å². The topological polar surface area (TPSA) is 115 Å². The molecular formula is C16H19N3O5S. The first-order valence-electron chi connectivity index (χ1n) is 8.10. The van der Waals surface area contributed by atoms with E-state index in [4.69, 9.17) is 9.26 Å². The van der Waals surface area contributed by atoms with Crippen LogP contribution in [0.25, 0.3) is 10.7 Å². The second-order valence-corrected chi connectivity index (χ2v) is 6.80. The molecule has 3 rings (SSSR count). The lowest BCUT2D eigenvalue weighted by Crippen LogP contribution is -2.48. The van der Waals surface area contributed by atoms with E-state index in [9.17, 15) is 14.7 Å². The maximum absolute atomic E-state index is 12.1. The Bertz CT molecular complexity index is 709. The zero-order valence-corrected chi connectivity index (χ0v) is 14.3. The first kappa shape index (κ1) is 17.6. The number of aliphatic carboxylic acids is 1. The summed E-state index contributed by atoms with van der Waals surface area (Å²) >= 11 is 1.50. The molecule has 1 aliphatic heterocycles. The van der Waals surface area contributed by atoms with E-state index < -0.39 is 12.0 Å². The lowest BCUT2D eigenvalue weighted by atomic mass is 9.93. The molecule has 1 aliphatic rings. The van der Waals surface area contributed by atoms with Gasteiger partial charge in [0, 0.05) is 25.4 Å². The van der Waals surface area contributed by atoms with Gasteiger partial charge in [-0.2, -0.15) is 4.98 Å². The van der Waals surface area contributed by atoms with Gasteiger partial charge in [-0.1, -0.05) is 11.2 Å². The van der Waals surface area contributed by atoms with E-state index in [0.29, 0.717) is 24.9 Å². The predicted octanol–water partition coefficient (Wildman–Crippen LogP) is 1.73. The Morgan fingerprint density at radius 3 is 3.04 bits per heavy atom. The number of thiophene rings is 1. The highest BCUT2D eigenvalue weighted by Crippen LogP contribution is 2.21. The number of carboxylic acids is 1. The Morgan fingerprint density at radius 2 is 2.36 bits per heavy atom. The minimum absolute atomic E-state index is 0.0867. The van der Waals surface area contributed by atoms with Crippen LogP contribution in [0, 0.1) is 5.92 Å². The van der Waals surface area contributed by atoms with Gasteiger partial charge in [0.05, 0.1) is 11.5 Å². The van der Waals surface area contributed by atoms with Crippen molar-refractivity contribution in [1.29, 1.82) is 0 Å². The number of nitrogens with zero attached hydrogens (tertiary/aromatic N) is 2. The third kappa shape index (κ3) is 4.64. The second kappa shape index (κ2) is 8.21. The van der Waals surface area contributed by atoms with Crippen LogP contribution < -0.4 is 5.32 Å². The van der Waals surface area contributed by atoms with Gasteiger partial charge in [-0.15, -0.1) is 11.3 Å². The minimum Gasteiger partial charge on any atom is -0.480 e. The largest absolute Gasteiger partial charge is 0.480 e. The highest BCUT2D eigenvalue weighted by molar-refractivity contribution is 7.13. The van der Waals surface area contributed by atoms with Crippen LogP contribution >= 0.6 is 11.3 Å². The molecule has 3 heterocycles. The molecule has 1 fully saturated rings. The molecule has 2 aromatic rings. The number of aromatic nitrogens is 2. The molecular weight excluding hydrogens is 346 g/mol. The van der Waals surface area contributed by atoms with Crippen molar-refractivity contribution in [1.82, 2.24) is 15.5 Å². The fraction of sp³-hybridized carbons (Fsp3) is 0.500. The molecule has 1 amide bonds. The first-order valence-corrected chi connectivity index (χ1v) is 8.98. The number of carbonyl (C=O) groups is 2. The molecule has 0 saturated carbocycles. The van der Waals surface area contributed by atoms with Crippen LogP contribution in [-0.4, -0.2) is 46.4 Å². The number of aryl methyl sites for hydroxylation is 1. The van der Waals surface area contributed by atoms with E-state index in [1.807, 2.05) is 17.5 Å². The summed E-state index contributed by atoms with van der Waals surface area (Å²) in [4.78, 5) is 28.7. The van der Waals surface area contributed by atoms with Gasteiger partial charge in [-0.25, -0.2) is 4.79 Å². The van der Waals surface area contributed by atoms with E-state index in [-0.39, 0.29) is 24.7 Å². The molecule has 134 valence electrons. The van der Waals surface area contributed by atoms with Gasteiger partial charge in [0.15, 0.2) is 0 Å². The molecule has 8 nitrogen and oxygen atoms in total. The summed E-state index contributed by atoms with van der Waals surface area (Å²) in [6.07, 6.45) is 1.88. The van der Waals surface area contributed by atoms with Gasteiger partial charge in [0.1, 0.15) is 6.04 Å². The first-order chi connectivity index (χ1) is 12.1. The number of carboxylic acid groups (broad SMARTS) is 1. The van der Waals surface area contributed by atoms with Gasteiger partial charge < -0.3 is 19.7 Å². The molecule has 2 atom stereocenters. The normalized spacial score (nSPS) is 18.6. The highest BCUT2D eigenvalue weighted by atomic mass is 32.1. The van der Waals surface area contributed by atoms with Crippen molar-refractivity contribution >= 4 is 23.2 Å². The number of nitrogens with one attached hydrogen (secondary N) is 1. The summed E-state index contributed by atoms with van der Waals surface area (Å²) in [6, 6.07) is 2.84. The number of rotatable bonds is 7. The van der Waals surface area contributed by atoms with E-state index >= 15 is 0 Å². The van der Waals surface area contributed by atoms with Crippen molar-refractivity contribution in [3.63, 3.8) is 0 Å². The van der Waals surface area contributed by atoms with E-state index in [1.165, 1.54) is 11.3 Å². The highest BCUT2D eigenvalue weighted by Gasteiger charge is 2.31. The second-order valence-electron chi connectivity index (χ2n) is 5.85. The maximum atomic E-state index is 12.1. The monoisotopic (exact) mass is 365 g/mol. The molecule has 2 aromatic heterocycles. The van der Waals surface area contributed by atoms with Crippen molar-refractivity contribution in [3.05, 3.63) is 23.4 Å². The van der Waals surface area contributed by atoms with E-state index in [0.717, 1.165) is 17.7 Å². The quantitative estimate of drug-likeness (QED) is 0.768. The maximum Gasteiger partial charge on any atom is 0.326 e. The fourth-order valence-corrected chi connectivity index (χ4v) is 3.39. The molecule has 1 saturated heterocycles. The van der Waals surface area contributed by atoms with Crippen LogP contribution in [0.4, 0.5) is 0 Å². The van der Waals surface area contributed by atoms with Gasteiger partial charge in [-0.3, -0.25) is 4.79 Å². The minimum atomic E-state index is -1.04. The number of ether oxygens (including phenoxy) is 1. The summed E-state index contributed by atoms with van der Waals surface area (Å²) in [6.45, 7) is 0.992. The van der Waals surface area contributed by atoms with E-state index in [1.54, 1.807) is 0 Å². The van der Waals surface area contributed by atoms with E-state index in [2.05, 4.69) is 15.5 Å². The van der Waals surface area contributed by atoms with Crippen LogP contribution in [0.5, 0.6) is 0 Å². The molecule has 0 aromatic carbocycles. The van der Waals surface area contributed by atoms with Crippen LogP contribution in [0.15, 0.2) is 22.0 Å². The zero-order chi connectivity index (χ0) is 17.6. The van der Waals surface area contributed by atoms with Gasteiger partial charge in [0.25, 0.3) is 0 Å². The third-order valence-corrected chi connectivity index (χ3v) is 4.89. The molecule has 0 radical (unpaired) electrons. The summed E-state index contributed by atoms with van der Waals surface area (Å²) in [5.74, 6) is -0.751. The molecule has 25 heavy (non-hydrogen) atoms. The summed E-state index contributed by atoms with van der Waals surface area (Å²) in [7, 11) is 0. The average Bonchev–Trinajstić information content (AvgIpc) is 3.29. The van der Waals surface area contributed by atoms with Crippen LogP contribution in [-0.2, 0) is 20.7 Å². The molecule has 0 aliphatic carbocycles. The zero-order valence-electron chi connectivity index (χ0n) is 13.5.